The van der Waals surface area contributed by atoms with E-state index in [1.54, 1.807) is 32.0 Å². The van der Waals surface area contributed by atoms with E-state index >= 15 is 0 Å². The van der Waals surface area contributed by atoms with E-state index in [9.17, 15) is 14.0 Å². The molecule has 0 saturated heterocycles. The lowest BCUT2D eigenvalue weighted by Crippen LogP contribution is -2.31. The molecule has 32 heavy (non-hydrogen) atoms. The average molecular weight is 438 g/mol. The number of benzene rings is 2. The van der Waals surface area contributed by atoms with Crippen LogP contribution in [0.1, 0.15) is 49.7 Å². The van der Waals surface area contributed by atoms with Crippen LogP contribution < -0.4 is 5.32 Å². The van der Waals surface area contributed by atoms with Gasteiger partial charge in [0.15, 0.2) is 11.7 Å². The summed E-state index contributed by atoms with van der Waals surface area (Å²) in [5.74, 6) is -0.384. The highest BCUT2D eigenvalue weighted by Crippen LogP contribution is 2.24. The van der Waals surface area contributed by atoms with Crippen LogP contribution in [0.3, 0.4) is 0 Å². The maximum atomic E-state index is 13.9. The molecule has 1 N–H and O–H groups in total. The molecule has 1 amide bonds. The second-order valence-corrected chi connectivity index (χ2v) is 7.87. The molecule has 1 atom stereocenters. The number of ether oxygens (including phenoxy) is 1. The summed E-state index contributed by atoms with van der Waals surface area (Å²) in [5, 5.41) is 2.91. The number of amides is 1. The molecule has 0 radical (unpaired) electrons. The fraction of sp³-hybridized carbons (Fsp3) is 0.320. The number of hydrogen-bond acceptors (Lipinski definition) is 5. The van der Waals surface area contributed by atoms with E-state index in [1.165, 1.54) is 12.3 Å². The first-order valence-corrected chi connectivity index (χ1v) is 10.6. The maximum Gasteiger partial charge on any atom is 0.308 e. The molecule has 3 rings (SSSR count). The van der Waals surface area contributed by atoms with Gasteiger partial charge in [-0.25, -0.2) is 9.37 Å². The van der Waals surface area contributed by atoms with Crippen molar-refractivity contribution in [1.82, 2.24) is 10.3 Å². The van der Waals surface area contributed by atoms with Crippen molar-refractivity contribution in [2.75, 3.05) is 0 Å². The standard InChI is InChI=1S/C25H27FN2O4/c1-16(2)31-25(30)14-21(18-10-8-17(3)9-11-18)28-23(29)12-13-24-27-15-22(32-24)19-6-4-5-7-20(19)26/h4-11,15-16,21H,12-14H2,1-3H3,(H,28,29). The Kier molecular flexibility index (Phi) is 7.76. The predicted octanol–water partition coefficient (Wildman–Crippen LogP) is 4.92. The van der Waals surface area contributed by atoms with Crippen LogP contribution in [0.4, 0.5) is 4.39 Å². The lowest BCUT2D eigenvalue weighted by atomic mass is 10.0. The zero-order valence-electron chi connectivity index (χ0n) is 18.4. The highest BCUT2D eigenvalue weighted by atomic mass is 19.1. The molecule has 0 spiro atoms. The Balaban J connectivity index is 1.63. The van der Waals surface area contributed by atoms with Gasteiger partial charge in [0, 0.05) is 12.8 Å². The molecular weight excluding hydrogens is 411 g/mol. The van der Waals surface area contributed by atoms with Crippen molar-refractivity contribution >= 4 is 11.9 Å². The summed E-state index contributed by atoms with van der Waals surface area (Å²) in [4.78, 5) is 29.0. The number of nitrogens with one attached hydrogen (secondary N) is 1. The summed E-state index contributed by atoms with van der Waals surface area (Å²) in [5.41, 5.74) is 2.22. The Morgan fingerprint density at radius 3 is 2.53 bits per heavy atom. The highest BCUT2D eigenvalue weighted by Gasteiger charge is 2.20. The van der Waals surface area contributed by atoms with Gasteiger partial charge in [-0.05, 0) is 38.5 Å². The van der Waals surface area contributed by atoms with E-state index in [4.69, 9.17) is 9.15 Å². The summed E-state index contributed by atoms with van der Waals surface area (Å²) in [7, 11) is 0. The molecule has 0 aliphatic rings. The third-order valence-electron chi connectivity index (χ3n) is 4.81. The zero-order valence-corrected chi connectivity index (χ0v) is 18.4. The van der Waals surface area contributed by atoms with E-state index in [2.05, 4.69) is 10.3 Å². The summed E-state index contributed by atoms with van der Waals surface area (Å²) in [6.45, 7) is 5.53. The van der Waals surface area contributed by atoms with Crippen molar-refractivity contribution in [3.05, 3.63) is 77.6 Å². The number of oxazole rings is 1. The first-order valence-electron chi connectivity index (χ1n) is 10.6. The molecule has 6 nitrogen and oxygen atoms in total. The van der Waals surface area contributed by atoms with E-state index in [0.29, 0.717) is 17.2 Å². The van der Waals surface area contributed by atoms with Crippen molar-refractivity contribution in [3.8, 4) is 11.3 Å². The Hall–Kier alpha value is -3.48. The van der Waals surface area contributed by atoms with Crippen molar-refractivity contribution in [2.45, 2.75) is 52.2 Å². The van der Waals surface area contributed by atoms with Crippen LogP contribution >= 0.6 is 0 Å². The van der Waals surface area contributed by atoms with Crippen LogP contribution in [0.5, 0.6) is 0 Å². The van der Waals surface area contributed by atoms with Gasteiger partial charge in [0.05, 0.1) is 30.3 Å². The van der Waals surface area contributed by atoms with E-state index in [1.807, 2.05) is 31.2 Å². The van der Waals surface area contributed by atoms with Crippen LogP contribution in [-0.2, 0) is 20.7 Å². The topological polar surface area (TPSA) is 81.4 Å². The SMILES string of the molecule is Cc1ccc(C(CC(=O)OC(C)C)NC(=O)CCc2ncc(-c3ccccc3F)o2)cc1. The van der Waals surface area contributed by atoms with Crippen LogP contribution in [0.2, 0.25) is 0 Å². The van der Waals surface area contributed by atoms with E-state index in [-0.39, 0.29) is 37.2 Å². The molecule has 0 aliphatic heterocycles. The molecule has 168 valence electrons. The molecule has 1 aromatic heterocycles. The maximum absolute atomic E-state index is 13.9. The molecule has 2 aromatic carbocycles. The molecule has 1 heterocycles. The Morgan fingerprint density at radius 2 is 1.84 bits per heavy atom. The molecule has 0 saturated carbocycles. The number of halogens is 1. The van der Waals surface area contributed by atoms with Crippen LogP contribution in [-0.4, -0.2) is 23.0 Å². The largest absolute Gasteiger partial charge is 0.463 e. The number of nitrogens with zero attached hydrogens (tertiary/aromatic N) is 1. The lowest BCUT2D eigenvalue weighted by Gasteiger charge is -2.19. The minimum absolute atomic E-state index is 0.0312. The van der Waals surface area contributed by atoms with Gasteiger partial charge in [-0.1, -0.05) is 42.0 Å². The van der Waals surface area contributed by atoms with Crippen molar-refractivity contribution < 1.29 is 23.1 Å². The van der Waals surface area contributed by atoms with Crippen molar-refractivity contribution in [1.29, 1.82) is 0 Å². The molecule has 0 bridgehead atoms. The number of carbonyl (C=O) groups excluding carboxylic acids is 2. The number of rotatable bonds is 9. The smallest absolute Gasteiger partial charge is 0.308 e. The van der Waals surface area contributed by atoms with Gasteiger partial charge in [-0.2, -0.15) is 0 Å². The third kappa shape index (κ3) is 6.51. The number of carbonyl (C=O) groups is 2. The second-order valence-electron chi connectivity index (χ2n) is 7.87. The Labute approximate surface area is 186 Å². The fourth-order valence-electron chi connectivity index (χ4n) is 3.23. The molecular formula is C25H27FN2O4. The molecule has 7 heteroatoms. The Morgan fingerprint density at radius 1 is 1.12 bits per heavy atom. The van der Waals surface area contributed by atoms with Gasteiger partial charge >= 0.3 is 5.97 Å². The number of hydrogen-bond donors (Lipinski definition) is 1. The van der Waals surface area contributed by atoms with Gasteiger partial charge in [0.1, 0.15) is 5.82 Å². The molecule has 1 unspecified atom stereocenters. The summed E-state index contributed by atoms with van der Waals surface area (Å²) >= 11 is 0. The number of aryl methyl sites for hydroxylation is 2. The summed E-state index contributed by atoms with van der Waals surface area (Å²) in [6, 6.07) is 13.4. The summed E-state index contributed by atoms with van der Waals surface area (Å²) < 4.78 is 24.8. The normalized spacial score (nSPS) is 11.9. The Bertz CT molecular complexity index is 1060. The minimum Gasteiger partial charge on any atom is -0.463 e. The fourth-order valence-corrected chi connectivity index (χ4v) is 3.23. The van der Waals surface area contributed by atoms with Gasteiger partial charge in [0.2, 0.25) is 5.91 Å². The zero-order chi connectivity index (χ0) is 23.1. The molecule has 3 aromatic rings. The van der Waals surface area contributed by atoms with Crippen LogP contribution in [0, 0.1) is 12.7 Å². The van der Waals surface area contributed by atoms with E-state index in [0.717, 1.165) is 11.1 Å². The summed E-state index contributed by atoms with van der Waals surface area (Å²) in [6.07, 6.45) is 1.60. The minimum atomic E-state index is -0.507. The first-order chi connectivity index (χ1) is 15.3. The van der Waals surface area contributed by atoms with Crippen molar-refractivity contribution in [3.63, 3.8) is 0 Å². The van der Waals surface area contributed by atoms with Crippen molar-refractivity contribution in [2.24, 2.45) is 0 Å². The second kappa shape index (κ2) is 10.7. The number of aromatic nitrogens is 1. The van der Waals surface area contributed by atoms with Crippen LogP contribution in [0.15, 0.2) is 59.1 Å². The van der Waals surface area contributed by atoms with Gasteiger partial charge < -0.3 is 14.5 Å². The number of esters is 1. The predicted molar refractivity (Wildman–Crippen MR) is 118 cm³/mol. The van der Waals surface area contributed by atoms with Gasteiger partial charge in [-0.15, -0.1) is 0 Å². The third-order valence-corrected chi connectivity index (χ3v) is 4.81. The average Bonchev–Trinajstić information content (AvgIpc) is 3.21. The van der Waals surface area contributed by atoms with Gasteiger partial charge in [0.25, 0.3) is 0 Å². The highest BCUT2D eigenvalue weighted by molar-refractivity contribution is 5.78. The first kappa shape index (κ1) is 23.2. The van der Waals surface area contributed by atoms with Crippen LogP contribution in [0.25, 0.3) is 11.3 Å². The molecule has 0 aliphatic carbocycles. The van der Waals surface area contributed by atoms with E-state index < -0.39 is 11.9 Å². The van der Waals surface area contributed by atoms with Gasteiger partial charge in [-0.3, -0.25) is 9.59 Å². The monoisotopic (exact) mass is 438 g/mol. The molecule has 0 fully saturated rings. The lowest BCUT2D eigenvalue weighted by molar-refractivity contribution is -0.148. The quantitative estimate of drug-likeness (QED) is 0.480.